The summed E-state index contributed by atoms with van der Waals surface area (Å²) in [4.78, 5) is 2.40. The second-order valence-electron chi connectivity index (χ2n) is 4.58. The van der Waals surface area contributed by atoms with Gasteiger partial charge in [0.1, 0.15) is 5.83 Å². The Kier molecular flexibility index (Phi) is 3.95. The van der Waals surface area contributed by atoms with Gasteiger partial charge < -0.3 is 0 Å². The smallest absolute Gasteiger partial charge is 0.123 e. The van der Waals surface area contributed by atoms with Crippen molar-refractivity contribution in [2.24, 2.45) is 0 Å². The predicted molar refractivity (Wildman–Crippen MR) is 61.4 cm³/mol. The molecule has 0 bridgehead atoms. The van der Waals surface area contributed by atoms with Crippen LogP contribution in [0.3, 0.4) is 0 Å². The minimum Gasteiger partial charge on any atom is -0.299 e. The molecule has 1 fully saturated rings. The van der Waals surface area contributed by atoms with Crippen molar-refractivity contribution in [2.45, 2.75) is 38.5 Å². The molecule has 0 unspecified atom stereocenters. The molecule has 0 aromatic carbocycles. The molecule has 2 rings (SSSR count). The van der Waals surface area contributed by atoms with Gasteiger partial charge in [0.25, 0.3) is 0 Å². The van der Waals surface area contributed by atoms with Crippen molar-refractivity contribution in [3.8, 4) is 0 Å². The Hall–Kier alpha value is -0.630. The van der Waals surface area contributed by atoms with Gasteiger partial charge in [0.15, 0.2) is 0 Å². The van der Waals surface area contributed by atoms with Crippen molar-refractivity contribution in [3.63, 3.8) is 0 Å². The number of hydrogen-bond acceptors (Lipinski definition) is 1. The van der Waals surface area contributed by atoms with Gasteiger partial charge in [-0.1, -0.05) is 12.5 Å². The van der Waals surface area contributed by atoms with E-state index in [0.29, 0.717) is 0 Å². The van der Waals surface area contributed by atoms with E-state index in [2.05, 4.69) is 4.90 Å². The molecule has 0 atom stereocenters. The normalized spacial score (nSPS) is 24.3. The van der Waals surface area contributed by atoms with Crippen LogP contribution < -0.4 is 0 Å². The molecule has 1 aliphatic carbocycles. The molecular formula is C13H20FN. The molecule has 0 aromatic rings. The number of halogens is 1. The number of piperidine rings is 1. The predicted octanol–water partition coefficient (Wildman–Crippen LogP) is 3.44. The minimum atomic E-state index is 0.0260. The first kappa shape index (κ1) is 10.9. The second-order valence-corrected chi connectivity index (χ2v) is 4.58. The topological polar surface area (TPSA) is 3.24 Å². The molecule has 0 aromatic heterocycles. The van der Waals surface area contributed by atoms with Crippen LogP contribution in [0, 0.1) is 0 Å². The highest BCUT2D eigenvalue weighted by molar-refractivity contribution is 5.22. The van der Waals surface area contributed by atoms with E-state index in [9.17, 15) is 4.39 Å². The van der Waals surface area contributed by atoms with Crippen molar-refractivity contribution in [3.05, 3.63) is 23.6 Å². The molecule has 0 radical (unpaired) electrons. The maximum atomic E-state index is 13.6. The lowest BCUT2D eigenvalue weighted by Gasteiger charge is -2.27. The van der Waals surface area contributed by atoms with Crippen LogP contribution in [0.25, 0.3) is 0 Å². The quantitative estimate of drug-likeness (QED) is 0.673. The molecule has 2 heteroatoms. The van der Waals surface area contributed by atoms with Crippen molar-refractivity contribution < 1.29 is 4.39 Å². The molecule has 15 heavy (non-hydrogen) atoms. The molecule has 1 aliphatic heterocycles. The first-order valence-corrected chi connectivity index (χ1v) is 6.13. The lowest BCUT2D eigenvalue weighted by molar-refractivity contribution is 0.243. The summed E-state index contributed by atoms with van der Waals surface area (Å²) in [6.07, 6.45) is 10.6. The lowest BCUT2D eigenvalue weighted by atomic mass is 10.1. The third kappa shape index (κ3) is 3.16. The SMILES string of the molecule is FC1=C(CN2CCCCC2)CCCC=C1. The van der Waals surface area contributed by atoms with Gasteiger partial charge in [-0.3, -0.25) is 4.90 Å². The van der Waals surface area contributed by atoms with Gasteiger partial charge in [0.2, 0.25) is 0 Å². The number of hydrogen-bond donors (Lipinski definition) is 0. The van der Waals surface area contributed by atoms with Gasteiger partial charge in [0.05, 0.1) is 0 Å². The Morgan fingerprint density at radius 1 is 1.13 bits per heavy atom. The Balaban J connectivity index is 1.94. The maximum Gasteiger partial charge on any atom is 0.123 e. The summed E-state index contributed by atoms with van der Waals surface area (Å²) in [5.74, 6) is 0.0260. The highest BCUT2D eigenvalue weighted by Crippen LogP contribution is 2.22. The summed E-state index contributed by atoms with van der Waals surface area (Å²) in [7, 11) is 0. The van der Waals surface area contributed by atoms with Gasteiger partial charge in [-0.25, -0.2) is 4.39 Å². The highest BCUT2D eigenvalue weighted by Gasteiger charge is 2.14. The van der Waals surface area contributed by atoms with E-state index in [1.165, 1.54) is 19.3 Å². The molecule has 0 spiro atoms. The Morgan fingerprint density at radius 2 is 1.93 bits per heavy atom. The number of likely N-dealkylation sites (tertiary alicyclic amines) is 1. The van der Waals surface area contributed by atoms with Gasteiger partial charge in [-0.15, -0.1) is 0 Å². The van der Waals surface area contributed by atoms with Crippen LogP contribution in [0.1, 0.15) is 38.5 Å². The number of rotatable bonds is 2. The average molecular weight is 209 g/mol. The van der Waals surface area contributed by atoms with Crippen LogP contribution in [0.2, 0.25) is 0 Å². The molecule has 0 amide bonds. The van der Waals surface area contributed by atoms with Crippen LogP contribution in [0.4, 0.5) is 4.39 Å². The zero-order valence-corrected chi connectivity index (χ0v) is 9.34. The standard InChI is InChI=1S/C13H20FN/c14-13-8-4-1-3-7-12(13)11-15-9-5-2-6-10-15/h4,8H,1-3,5-7,9-11H2. The van der Waals surface area contributed by atoms with Gasteiger partial charge >= 0.3 is 0 Å². The summed E-state index contributed by atoms with van der Waals surface area (Å²) < 4.78 is 13.6. The fourth-order valence-electron chi connectivity index (χ4n) is 2.40. The van der Waals surface area contributed by atoms with E-state index in [1.807, 2.05) is 6.08 Å². The molecule has 1 nitrogen and oxygen atoms in total. The summed E-state index contributed by atoms with van der Waals surface area (Å²) in [5.41, 5.74) is 1.02. The number of allylic oxidation sites excluding steroid dienone is 3. The minimum absolute atomic E-state index is 0.0260. The van der Waals surface area contributed by atoms with Crippen LogP contribution >= 0.6 is 0 Å². The zero-order chi connectivity index (χ0) is 10.5. The van der Waals surface area contributed by atoms with E-state index >= 15 is 0 Å². The van der Waals surface area contributed by atoms with E-state index in [0.717, 1.165) is 44.5 Å². The first-order valence-electron chi connectivity index (χ1n) is 6.13. The zero-order valence-electron chi connectivity index (χ0n) is 9.34. The summed E-state index contributed by atoms with van der Waals surface area (Å²) in [6.45, 7) is 3.16. The summed E-state index contributed by atoms with van der Waals surface area (Å²) >= 11 is 0. The van der Waals surface area contributed by atoms with Crippen LogP contribution in [-0.4, -0.2) is 24.5 Å². The van der Waals surface area contributed by atoms with Crippen LogP contribution in [0.15, 0.2) is 23.6 Å². The Morgan fingerprint density at radius 3 is 2.73 bits per heavy atom. The average Bonchev–Trinajstić information content (AvgIpc) is 2.46. The van der Waals surface area contributed by atoms with Gasteiger partial charge in [0, 0.05) is 6.54 Å². The third-order valence-corrected chi connectivity index (χ3v) is 3.31. The molecule has 0 N–H and O–H groups in total. The second kappa shape index (κ2) is 5.45. The van der Waals surface area contributed by atoms with E-state index in [1.54, 1.807) is 6.08 Å². The molecule has 84 valence electrons. The summed E-state index contributed by atoms with van der Waals surface area (Å²) in [6, 6.07) is 0. The molecule has 2 aliphatic rings. The van der Waals surface area contributed by atoms with Crippen LogP contribution in [-0.2, 0) is 0 Å². The van der Waals surface area contributed by atoms with E-state index < -0.39 is 0 Å². The van der Waals surface area contributed by atoms with Crippen molar-refractivity contribution in [1.29, 1.82) is 0 Å². The monoisotopic (exact) mass is 209 g/mol. The van der Waals surface area contributed by atoms with Crippen LogP contribution in [0.5, 0.6) is 0 Å². The third-order valence-electron chi connectivity index (χ3n) is 3.31. The lowest BCUT2D eigenvalue weighted by Crippen LogP contribution is -2.31. The number of nitrogens with zero attached hydrogens (tertiary/aromatic N) is 1. The first-order chi connectivity index (χ1) is 7.36. The van der Waals surface area contributed by atoms with Crippen molar-refractivity contribution >= 4 is 0 Å². The maximum absolute atomic E-state index is 13.6. The molecule has 1 saturated heterocycles. The van der Waals surface area contributed by atoms with Gasteiger partial charge in [-0.05, 0) is 56.8 Å². The molecular weight excluding hydrogens is 189 g/mol. The fraction of sp³-hybridized carbons (Fsp3) is 0.692. The Bertz CT molecular complexity index is 262. The van der Waals surface area contributed by atoms with E-state index in [4.69, 9.17) is 0 Å². The van der Waals surface area contributed by atoms with Crippen molar-refractivity contribution in [2.75, 3.05) is 19.6 Å². The van der Waals surface area contributed by atoms with E-state index in [-0.39, 0.29) is 5.83 Å². The molecule has 0 saturated carbocycles. The Labute approximate surface area is 91.7 Å². The highest BCUT2D eigenvalue weighted by atomic mass is 19.1. The largest absolute Gasteiger partial charge is 0.299 e. The fourth-order valence-corrected chi connectivity index (χ4v) is 2.40. The molecule has 1 heterocycles. The van der Waals surface area contributed by atoms with Crippen molar-refractivity contribution in [1.82, 2.24) is 4.90 Å². The summed E-state index contributed by atoms with van der Waals surface area (Å²) in [5, 5.41) is 0. The van der Waals surface area contributed by atoms with Gasteiger partial charge in [-0.2, -0.15) is 0 Å².